The molecular weight excluding hydrogens is 430 g/mol. The topological polar surface area (TPSA) is 131 Å². The van der Waals surface area contributed by atoms with Gasteiger partial charge in [-0.05, 0) is 37.1 Å². The van der Waals surface area contributed by atoms with Crippen LogP contribution in [0, 0.1) is 0 Å². The van der Waals surface area contributed by atoms with Crippen LogP contribution in [0.15, 0.2) is 30.5 Å². The number of aliphatic hydroxyl groups excluding tert-OH is 4. The molecule has 9 nitrogen and oxygen atoms in total. The Morgan fingerprint density at radius 1 is 0.939 bits per heavy atom. The van der Waals surface area contributed by atoms with Crippen LogP contribution in [-0.2, 0) is 9.47 Å². The average Bonchev–Trinajstić information content (AvgIpc) is 2.84. The van der Waals surface area contributed by atoms with Gasteiger partial charge in [-0.15, -0.1) is 0 Å². The molecule has 2 heterocycles. The van der Waals surface area contributed by atoms with Crippen molar-refractivity contribution in [3.05, 3.63) is 30.5 Å². The molecule has 0 radical (unpaired) electrons. The van der Waals surface area contributed by atoms with Gasteiger partial charge in [0.25, 0.3) is 0 Å². The van der Waals surface area contributed by atoms with E-state index >= 15 is 0 Å². The maximum atomic E-state index is 10.1. The highest BCUT2D eigenvalue weighted by Crippen LogP contribution is 2.28. The molecule has 1 unspecified atom stereocenters. The number of rotatable bonds is 13. The van der Waals surface area contributed by atoms with E-state index in [1.54, 1.807) is 13.3 Å². The molecule has 1 fully saturated rings. The van der Waals surface area contributed by atoms with Crippen LogP contribution in [0.1, 0.15) is 38.5 Å². The third-order valence-corrected chi connectivity index (χ3v) is 5.86. The molecule has 1 aromatic heterocycles. The number of ether oxygens (including phenoxy) is 4. The maximum absolute atomic E-state index is 10.1. The van der Waals surface area contributed by atoms with Crippen LogP contribution in [0.4, 0.5) is 0 Å². The first-order valence-corrected chi connectivity index (χ1v) is 11.5. The van der Waals surface area contributed by atoms with E-state index < -0.39 is 37.3 Å². The fourth-order valence-electron chi connectivity index (χ4n) is 3.93. The summed E-state index contributed by atoms with van der Waals surface area (Å²) < 4.78 is 21.8. The molecule has 5 atom stereocenters. The molecule has 0 amide bonds. The first-order chi connectivity index (χ1) is 16.0. The second-order valence-corrected chi connectivity index (χ2v) is 8.23. The predicted octanol–water partition coefficient (Wildman–Crippen LogP) is 1.78. The van der Waals surface area contributed by atoms with Gasteiger partial charge < -0.3 is 39.4 Å². The number of pyridine rings is 1. The van der Waals surface area contributed by atoms with Crippen LogP contribution >= 0.6 is 0 Å². The molecule has 0 spiro atoms. The lowest BCUT2D eigenvalue weighted by Crippen LogP contribution is -2.59. The van der Waals surface area contributed by atoms with Gasteiger partial charge in [-0.1, -0.05) is 25.7 Å². The Labute approximate surface area is 193 Å². The van der Waals surface area contributed by atoms with Crippen molar-refractivity contribution in [3.8, 4) is 11.5 Å². The number of unbranched alkanes of at least 4 members (excludes halogenated alkanes) is 5. The van der Waals surface area contributed by atoms with E-state index in [-0.39, 0.29) is 0 Å². The maximum Gasteiger partial charge on any atom is 0.184 e. The normalized spacial score (nSPS) is 25.3. The molecule has 2 aromatic rings. The van der Waals surface area contributed by atoms with Crippen molar-refractivity contribution in [2.45, 2.75) is 69.2 Å². The van der Waals surface area contributed by atoms with E-state index in [4.69, 9.17) is 18.9 Å². The molecule has 3 rings (SSSR count). The number of hydrogen-bond acceptors (Lipinski definition) is 9. The number of hydrogen-bond donors (Lipinski definition) is 4. The Bertz CT molecular complexity index is 850. The van der Waals surface area contributed by atoms with Crippen molar-refractivity contribution in [2.24, 2.45) is 0 Å². The van der Waals surface area contributed by atoms with Crippen molar-refractivity contribution < 1.29 is 39.4 Å². The highest BCUT2D eigenvalue weighted by atomic mass is 16.6. The van der Waals surface area contributed by atoms with Gasteiger partial charge >= 0.3 is 0 Å². The van der Waals surface area contributed by atoms with Crippen LogP contribution < -0.4 is 9.47 Å². The van der Waals surface area contributed by atoms with Gasteiger partial charge in [-0.2, -0.15) is 0 Å². The number of aliphatic hydroxyl groups is 4. The van der Waals surface area contributed by atoms with E-state index in [0.29, 0.717) is 13.2 Å². The first-order valence-electron chi connectivity index (χ1n) is 11.5. The fourth-order valence-corrected chi connectivity index (χ4v) is 3.93. The summed E-state index contributed by atoms with van der Waals surface area (Å²) in [7, 11) is 1.64. The zero-order chi connectivity index (χ0) is 23.6. The molecule has 4 N–H and O–H groups in total. The van der Waals surface area contributed by atoms with Gasteiger partial charge in [0.2, 0.25) is 0 Å². The predicted molar refractivity (Wildman–Crippen MR) is 121 cm³/mol. The van der Waals surface area contributed by atoms with Gasteiger partial charge in [-0.25, -0.2) is 0 Å². The molecule has 33 heavy (non-hydrogen) atoms. The standard InChI is InChI=1S/C24H35NO8/c1-30-16-8-9-18-17(14-16)19(10-11-25-18)31-12-6-4-2-3-5-7-13-32-23-21(27)20(15-26)33-24(29)22(23)28/h8-11,14,20-24,26-29H,2-7,12-13,15H2,1H3/t20-,21-,22-,23+,24?/m1/s1. The van der Waals surface area contributed by atoms with Crippen LogP contribution in [0.25, 0.3) is 10.9 Å². The van der Waals surface area contributed by atoms with Crippen LogP contribution in [0.2, 0.25) is 0 Å². The lowest BCUT2D eigenvalue weighted by molar-refractivity contribution is -0.294. The number of benzene rings is 1. The van der Waals surface area contributed by atoms with Gasteiger partial charge in [0, 0.05) is 18.2 Å². The molecule has 1 aliphatic heterocycles. The van der Waals surface area contributed by atoms with E-state index in [1.807, 2.05) is 24.3 Å². The van der Waals surface area contributed by atoms with Gasteiger partial charge in [-0.3, -0.25) is 4.98 Å². The zero-order valence-electron chi connectivity index (χ0n) is 19.0. The van der Waals surface area contributed by atoms with Crippen molar-refractivity contribution >= 4 is 10.9 Å². The number of aromatic nitrogens is 1. The fraction of sp³-hybridized carbons (Fsp3) is 0.625. The summed E-state index contributed by atoms with van der Waals surface area (Å²) in [6.07, 6.45) is 1.62. The third-order valence-electron chi connectivity index (χ3n) is 5.86. The monoisotopic (exact) mass is 465 g/mol. The number of methoxy groups -OCH3 is 1. The van der Waals surface area contributed by atoms with E-state index in [9.17, 15) is 20.4 Å². The minimum atomic E-state index is -1.48. The molecular formula is C24H35NO8. The van der Waals surface area contributed by atoms with Gasteiger partial charge in [0.1, 0.15) is 35.9 Å². The summed E-state index contributed by atoms with van der Waals surface area (Å²) in [5.74, 6) is 1.58. The van der Waals surface area contributed by atoms with E-state index in [1.165, 1.54) is 0 Å². The summed E-state index contributed by atoms with van der Waals surface area (Å²) in [6.45, 7) is 0.527. The lowest BCUT2D eigenvalue weighted by Gasteiger charge is -2.39. The second-order valence-electron chi connectivity index (χ2n) is 8.23. The Kier molecular flexibility index (Phi) is 10.1. The number of nitrogens with zero attached hydrogens (tertiary/aromatic N) is 1. The minimum Gasteiger partial charge on any atom is -0.497 e. The zero-order valence-corrected chi connectivity index (χ0v) is 19.0. The molecule has 184 valence electrons. The molecule has 1 aliphatic rings. The van der Waals surface area contributed by atoms with Crippen LogP contribution in [0.3, 0.4) is 0 Å². The molecule has 1 aromatic carbocycles. The van der Waals surface area contributed by atoms with Crippen molar-refractivity contribution in [1.82, 2.24) is 4.98 Å². The smallest absolute Gasteiger partial charge is 0.184 e. The lowest BCUT2D eigenvalue weighted by atomic mass is 9.99. The highest BCUT2D eigenvalue weighted by Gasteiger charge is 2.44. The molecule has 0 saturated carbocycles. The van der Waals surface area contributed by atoms with Crippen LogP contribution in [0.5, 0.6) is 11.5 Å². The molecule has 1 saturated heterocycles. The summed E-state index contributed by atoms with van der Waals surface area (Å²) >= 11 is 0. The molecule has 0 aliphatic carbocycles. The summed E-state index contributed by atoms with van der Waals surface area (Å²) in [4.78, 5) is 4.36. The Morgan fingerprint density at radius 3 is 2.39 bits per heavy atom. The Morgan fingerprint density at radius 2 is 1.67 bits per heavy atom. The SMILES string of the molecule is COc1ccc2nccc(OCCCCCCCCO[C@H]3[C@H](O)[C@@H](CO)OC(O)[C@@H]3O)c2c1. The Hall–Kier alpha value is -2.01. The summed E-state index contributed by atoms with van der Waals surface area (Å²) in [6, 6.07) is 7.60. The summed E-state index contributed by atoms with van der Waals surface area (Å²) in [5.41, 5.74) is 0.873. The van der Waals surface area contributed by atoms with E-state index in [2.05, 4.69) is 4.98 Å². The van der Waals surface area contributed by atoms with E-state index in [0.717, 1.165) is 60.9 Å². The highest BCUT2D eigenvalue weighted by molar-refractivity contribution is 5.86. The van der Waals surface area contributed by atoms with Crippen molar-refractivity contribution in [3.63, 3.8) is 0 Å². The average molecular weight is 466 g/mol. The minimum absolute atomic E-state index is 0.353. The molecule has 9 heteroatoms. The van der Waals surface area contributed by atoms with Crippen LogP contribution in [-0.4, -0.2) is 83.0 Å². The third kappa shape index (κ3) is 6.99. The Balaban J connectivity index is 1.27. The molecule has 0 bridgehead atoms. The number of fused-ring (bicyclic) bond motifs is 1. The second kappa shape index (κ2) is 13.0. The van der Waals surface area contributed by atoms with Gasteiger partial charge in [0.05, 0.1) is 25.8 Å². The summed E-state index contributed by atoms with van der Waals surface area (Å²) in [5, 5.41) is 39.9. The van der Waals surface area contributed by atoms with Gasteiger partial charge in [0.15, 0.2) is 6.29 Å². The van der Waals surface area contributed by atoms with Crippen molar-refractivity contribution in [2.75, 3.05) is 26.9 Å². The first kappa shape index (κ1) is 25.6. The van der Waals surface area contributed by atoms with Crippen molar-refractivity contribution in [1.29, 1.82) is 0 Å². The quantitative estimate of drug-likeness (QED) is 0.327. The largest absolute Gasteiger partial charge is 0.497 e.